The van der Waals surface area contributed by atoms with Gasteiger partial charge in [0.2, 0.25) is 0 Å². The van der Waals surface area contributed by atoms with Gasteiger partial charge in [0, 0.05) is 0 Å². The van der Waals surface area contributed by atoms with Crippen LogP contribution in [0.3, 0.4) is 0 Å². The smallest absolute Gasteiger partial charge is 0.475 e. The first-order valence-electron chi connectivity index (χ1n) is 7.85. The zero-order valence-corrected chi connectivity index (χ0v) is 13.3. The molecule has 0 spiro atoms. The fraction of sp³-hybridized carbons (Fsp3) is 0.588. The van der Waals surface area contributed by atoms with Crippen molar-refractivity contribution in [2.45, 2.75) is 57.0 Å². The maximum atomic E-state index is 10.6. The summed E-state index contributed by atoms with van der Waals surface area (Å²) in [5.74, 6) is -1.45. The summed E-state index contributed by atoms with van der Waals surface area (Å²) in [6, 6.07) is 9.16. The van der Waals surface area contributed by atoms with Crippen LogP contribution in [0.2, 0.25) is 0 Å². The highest BCUT2D eigenvalue weighted by Crippen LogP contribution is 2.33. The van der Waals surface area contributed by atoms with Crippen molar-refractivity contribution in [2.75, 3.05) is 6.54 Å². The Balaban J connectivity index is 0.000000322. The molecule has 1 aliphatic rings. The van der Waals surface area contributed by atoms with Gasteiger partial charge in [0.05, 0.1) is 0 Å². The summed E-state index contributed by atoms with van der Waals surface area (Å²) in [6.45, 7) is 2.93. The fourth-order valence-electron chi connectivity index (χ4n) is 2.67. The molecule has 1 saturated carbocycles. The van der Waals surface area contributed by atoms with E-state index in [1.54, 1.807) is 0 Å². The van der Waals surface area contributed by atoms with E-state index in [0.29, 0.717) is 5.92 Å². The molecule has 0 amide bonds. The Kier molecular flexibility index (Phi) is 7.55. The number of benzene rings is 1. The highest BCUT2D eigenvalue weighted by atomic mass is 19.4. The van der Waals surface area contributed by atoms with E-state index in [1.165, 1.54) is 43.2 Å². The minimum atomic E-state index is -5.08. The second-order valence-corrected chi connectivity index (χ2v) is 5.94. The van der Waals surface area contributed by atoms with Gasteiger partial charge in [-0.1, -0.05) is 50.5 Å². The van der Waals surface area contributed by atoms with Crippen molar-refractivity contribution in [3.63, 3.8) is 0 Å². The van der Waals surface area contributed by atoms with Crippen molar-refractivity contribution in [1.82, 2.24) is 0 Å². The molecule has 0 heterocycles. The third-order valence-electron chi connectivity index (χ3n) is 4.18. The predicted molar refractivity (Wildman–Crippen MR) is 83.4 cm³/mol. The molecular weight excluding hydrogens is 307 g/mol. The van der Waals surface area contributed by atoms with E-state index >= 15 is 0 Å². The highest BCUT2D eigenvalue weighted by Gasteiger charge is 2.38. The molecule has 0 radical (unpaired) electrons. The van der Waals surface area contributed by atoms with Crippen molar-refractivity contribution in [3.05, 3.63) is 35.4 Å². The van der Waals surface area contributed by atoms with Crippen molar-refractivity contribution in [3.8, 4) is 0 Å². The number of nitrogens with two attached hydrogens (primary N) is 1. The number of carboxylic acid groups (broad SMARTS) is 1. The first-order valence-corrected chi connectivity index (χ1v) is 7.85. The highest BCUT2D eigenvalue weighted by molar-refractivity contribution is 5.73. The van der Waals surface area contributed by atoms with Crippen molar-refractivity contribution in [2.24, 2.45) is 5.73 Å². The third-order valence-corrected chi connectivity index (χ3v) is 4.18. The zero-order chi connectivity index (χ0) is 17.5. The molecule has 130 valence electrons. The van der Waals surface area contributed by atoms with E-state index in [9.17, 15) is 13.2 Å². The van der Waals surface area contributed by atoms with E-state index in [-0.39, 0.29) is 0 Å². The van der Waals surface area contributed by atoms with Crippen molar-refractivity contribution >= 4 is 5.97 Å². The molecule has 1 aliphatic carbocycles. The number of carboxylic acids is 1. The van der Waals surface area contributed by atoms with E-state index in [0.717, 1.165) is 12.5 Å². The summed E-state index contributed by atoms with van der Waals surface area (Å²) in [6.07, 6.45) is 1.92. The summed E-state index contributed by atoms with van der Waals surface area (Å²) in [5, 5.41) is 7.12. The molecule has 0 aromatic heterocycles. The molecule has 1 aromatic carbocycles. The Bertz CT molecular complexity index is 480. The monoisotopic (exact) mass is 331 g/mol. The SMILES string of the molecule is CC(CN)c1ccc(C2CCCCC2)cc1.O=C(O)C(F)(F)F. The van der Waals surface area contributed by atoms with Gasteiger partial charge < -0.3 is 10.8 Å². The van der Waals surface area contributed by atoms with Crippen LogP contribution in [0.5, 0.6) is 0 Å². The van der Waals surface area contributed by atoms with Crippen LogP contribution in [0.25, 0.3) is 0 Å². The van der Waals surface area contributed by atoms with Gasteiger partial charge in [0.25, 0.3) is 0 Å². The molecule has 23 heavy (non-hydrogen) atoms. The molecule has 1 fully saturated rings. The quantitative estimate of drug-likeness (QED) is 0.861. The summed E-state index contributed by atoms with van der Waals surface area (Å²) in [5.41, 5.74) is 8.60. The van der Waals surface area contributed by atoms with Crippen LogP contribution in [-0.4, -0.2) is 23.8 Å². The van der Waals surface area contributed by atoms with E-state index in [4.69, 9.17) is 15.6 Å². The Morgan fingerprint density at radius 2 is 1.70 bits per heavy atom. The molecule has 1 unspecified atom stereocenters. The van der Waals surface area contributed by atoms with Crippen LogP contribution in [0.15, 0.2) is 24.3 Å². The third kappa shape index (κ3) is 6.60. The molecule has 2 rings (SSSR count). The summed E-state index contributed by atoms with van der Waals surface area (Å²) in [7, 11) is 0. The molecule has 3 N–H and O–H groups in total. The first kappa shape index (κ1) is 19.5. The van der Waals surface area contributed by atoms with Crippen LogP contribution < -0.4 is 5.73 Å². The van der Waals surface area contributed by atoms with Crippen molar-refractivity contribution < 1.29 is 23.1 Å². The lowest BCUT2D eigenvalue weighted by molar-refractivity contribution is -0.192. The van der Waals surface area contributed by atoms with E-state index < -0.39 is 12.1 Å². The molecule has 1 aromatic rings. The van der Waals surface area contributed by atoms with Gasteiger partial charge in [-0.25, -0.2) is 4.79 Å². The average molecular weight is 331 g/mol. The topological polar surface area (TPSA) is 63.3 Å². The first-order chi connectivity index (χ1) is 10.8. The Labute approximate surface area is 134 Å². The Morgan fingerprint density at radius 3 is 2.09 bits per heavy atom. The Hall–Kier alpha value is -1.56. The largest absolute Gasteiger partial charge is 0.490 e. The van der Waals surface area contributed by atoms with Gasteiger partial charge >= 0.3 is 12.1 Å². The van der Waals surface area contributed by atoms with Crippen LogP contribution in [0, 0.1) is 0 Å². The van der Waals surface area contributed by atoms with Crippen molar-refractivity contribution in [1.29, 1.82) is 0 Å². The second-order valence-electron chi connectivity index (χ2n) is 5.94. The molecule has 1 atom stereocenters. The molecule has 0 saturated heterocycles. The summed E-state index contributed by atoms with van der Waals surface area (Å²) in [4.78, 5) is 8.90. The van der Waals surface area contributed by atoms with Gasteiger partial charge in [-0.15, -0.1) is 0 Å². The fourth-order valence-corrected chi connectivity index (χ4v) is 2.67. The number of aliphatic carboxylic acids is 1. The summed E-state index contributed by atoms with van der Waals surface area (Å²) < 4.78 is 31.7. The number of alkyl halides is 3. The van der Waals surface area contributed by atoms with Gasteiger partial charge in [0.1, 0.15) is 0 Å². The van der Waals surface area contributed by atoms with Gasteiger partial charge in [-0.05, 0) is 42.3 Å². The lowest BCUT2D eigenvalue weighted by atomic mass is 9.83. The van der Waals surface area contributed by atoms with Gasteiger partial charge in [0.15, 0.2) is 0 Å². The maximum absolute atomic E-state index is 10.6. The molecular formula is C17H24F3NO2. The number of hydrogen-bond donors (Lipinski definition) is 2. The standard InChI is InChI=1S/C15H23N.C2HF3O2/c1-12(11-16)13-7-9-15(10-8-13)14-5-3-2-4-6-14;3-2(4,5)1(6)7/h7-10,12,14H,2-6,11,16H2,1H3;(H,6,7). The van der Waals surface area contributed by atoms with Crippen LogP contribution in [0.4, 0.5) is 13.2 Å². The number of rotatable bonds is 3. The minimum absolute atomic E-state index is 0.486. The number of halogens is 3. The van der Waals surface area contributed by atoms with Gasteiger partial charge in [-0.2, -0.15) is 13.2 Å². The van der Waals surface area contributed by atoms with Gasteiger partial charge in [-0.3, -0.25) is 0 Å². The molecule has 0 aliphatic heterocycles. The van der Waals surface area contributed by atoms with E-state index in [2.05, 4.69) is 31.2 Å². The second kappa shape index (κ2) is 8.91. The Morgan fingerprint density at radius 1 is 1.22 bits per heavy atom. The minimum Gasteiger partial charge on any atom is -0.475 e. The number of hydrogen-bond acceptors (Lipinski definition) is 2. The lowest BCUT2D eigenvalue weighted by Crippen LogP contribution is -2.21. The lowest BCUT2D eigenvalue weighted by Gasteiger charge is -2.22. The number of carbonyl (C=O) groups is 1. The molecule has 3 nitrogen and oxygen atoms in total. The van der Waals surface area contributed by atoms with E-state index in [1.807, 2.05) is 0 Å². The predicted octanol–water partition coefficient (Wildman–Crippen LogP) is 4.43. The zero-order valence-electron chi connectivity index (χ0n) is 13.3. The van der Waals surface area contributed by atoms with Crippen LogP contribution in [-0.2, 0) is 4.79 Å². The summed E-state index contributed by atoms with van der Waals surface area (Å²) >= 11 is 0. The maximum Gasteiger partial charge on any atom is 0.490 e. The molecule has 0 bridgehead atoms. The van der Waals surface area contributed by atoms with Crippen LogP contribution >= 0.6 is 0 Å². The van der Waals surface area contributed by atoms with Crippen LogP contribution in [0.1, 0.15) is 62.0 Å². The average Bonchev–Trinajstić information content (AvgIpc) is 2.55. The normalized spacial score (nSPS) is 17.1. The molecule has 6 heteroatoms.